The summed E-state index contributed by atoms with van der Waals surface area (Å²) in [4.78, 5) is 64.9. The minimum atomic E-state index is -1.71. The number of aliphatic hydroxyl groups is 4. The highest BCUT2D eigenvalue weighted by Crippen LogP contribution is 2.33. The first-order valence-corrected chi connectivity index (χ1v) is 19.2. The summed E-state index contributed by atoms with van der Waals surface area (Å²) >= 11 is 0. The fraction of sp³-hybridized carbons (Fsp3) is 0.675. The largest absolute Gasteiger partial charge is 0.460 e. The summed E-state index contributed by atoms with van der Waals surface area (Å²) in [6.07, 6.45) is -1.92. The van der Waals surface area contributed by atoms with Crippen molar-refractivity contribution in [3.05, 3.63) is 36.4 Å². The van der Waals surface area contributed by atoms with Crippen molar-refractivity contribution < 1.29 is 58.6 Å². The number of nitrogens with one attached hydrogen (secondary N) is 2. The molecule has 56 heavy (non-hydrogen) atoms. The number of nitrogens with zero attached hydrogens (tertiary/aromatic N) is 2. The van der Waals surface area contributed by atoms with Crippen LogP contribution in [0, 0.1) is 5.41 Å². The first-order valence-electron chi connectivity index (χ1n) is 19.2. The van der Waals surface area contributed by atoms with Crippen LogP contribution in [0.2, 0.25) is 0 Å². The van der Waals surface area contributed by atoms with E-state index in [0.29, 0.717) is 5.56 Å². The third-order valence-electron chi connectivity index (χ3n) is 8.54. The predicted molar refractivity (Wildman–Crippen MR) is 212 cm³/mol. The predicted octanol–water partition coefficient (Wildman–Crippen LogP) is 3.88. The van der Waals surface area contributed by atoms with Gasteiger partial charge in [-0.15, -0.1) is 0 Å². The molecule has 5 amide bonds. The van der Waals surface area contributed by atoms with Crippen LogP contribution in [0.5, 0.6) is 5.75 Å². The summed E-state index contributed by atoms with van der Waals surface area (Å²) in [5.41, 5.74) is -1.56. The topological polar surface area (TPSA) is 224 Å². The molecular weight excluding hydrogens is 728 g/mol. The van der Waals surface area contributed by atoms with Crippen molar-refractivity contribution in [3.8, 4) is 5.75 Å². The molecule has 16 nitrogen and oxygen atoms in total. The monoisotopic (exact) mass is 796 g/mol. The second kappa shape index (κ2) is 25.2. The number of rotatable bonds is 17. The van der Waals surface area contributed by atoms with Gasteiger partial charge in [0.1, 0.15) is 36.8 Å². The van der Waals surface area contributed by atoms with Crippen molar-refractivity contribution in [3.63, 3.8) is 0 Å². The van der Waals surface area contributed by atoms with Gasteiger partial charge in [0.25, 0.3) is 5.91 Å². The highest BCUT2D eigenvalue weighted by molar-refractivity contribution is 6.00. The lowest BCUT2D eigenvalue weighted by atomic mass is 9.78. The van der Waals surface area contributed by atoms with Crippen LogP contribution in [-0.2, 0) is 35.3 Å². The van der Waals surface area contributed by atoms with Crippen LogP contribution in [0.3, 0.4) is 0 Å². The molecule has 6 N–H and O–H groups in total. The van der Waals surface area contributed by atoms with Crippen LogP contribution < -0.4 is 15.4 Å². The van der Waals surface area contributed by atoms with Gasteiger partial charge >= 0.3 is 6.09 Å². The first-order chi connectivity index (χ1) is 26.2. The van der Waals surface area contributed by atoms with Crippen LogP contribution in [0.15, 0.2) is 30.9 Å². The Morgan fingerprint density at radius 1 is 0.964 bits per heavy atom. The van der Waals surface area contributed by atoms with Gasteiger partial charge in [0.15, 0.2) is 0 Å². The quantitative estimate of drug-likeness (QED) is 0.0977. The Morgan fingerprint density at radius 3 is 2.05 bits per heavy atom. The van der Waals surface area contributed by atoms with Gasteiger partial charge in [-0.25, -0.2) is 4.79 Å². The Morgan fingerprint density at radius 2 is 1.55 bits per heavy atom. The molecule has 5 atom stereocenters. The Hall–Kier alpha value is -4.09. The maximum absolute atomic E-state index is 13.1. The van der Waals surface area contributed by atoms with Gasteiger partial charge in [-0.3, -0.25) is 24.1 Å². The molecule has 1 aromatic carbocycles. The van der Waals surface area contributed by atoms with E-state index in [9.17, 15) is 44.4 Å². The average Bonchev–Trinajstić information content (AvgIpc) is 3.13. The second-order valence-corrected chi connectivity index (χ2v) is 14.6. The van der Waals surface area contributed by atoms with E-state index >= 15 is 0 Å². The molecule has 0 bridgehead atoms. The van der Waals surface area contributed by atoms with Crippen molar-refractivity contribution in [2.24, 2.45) is 5.41 Å². The normalized spacial score (nSPS) is 19.1. The maximum atomic E-state index is 13.1. The summed E-state index contributed by atoms with van der Waals surface area (Å²) in [6, 6.07) is 4.39. The summed E-state index contributed by atoms with van der Waals surface area (Å²) < 4.78 is 16.4. The van der Waals surface area contributed by atoms with E-state index in [1.807, 2.05) is 13.8 Å². The molecule has 1 aromatic rings. The minimum Gasteiger partial charge on any atom is -0.460 e. The molecule has 1 fully saturated rings. The number of carbonyl (C=O) groups excluding carboxylic acids is 5. The highest BCUT2D eigenvalue weighted by atomic mass is 16.7. The number of aliphatic hydroxyl groups excluding tert-OH is 4. The van der Waals surface area contributed by atoms with E-state index < -0.39 is 78.0 Å². The number of benzene rings is 1. The number of anilines is 1. The number of ether oxygens (including phenoxy) is 3. The number of carbonyl (C=O) groups is 5. The lowest BCUT2D eigenvalue weighted by Gasteiger charge is -2.40. The molecule has 1 aliphatic rings. The Bertz CT molecular complexity index is 1410. The maximum Gasteiger partial charge on any atom is 0.409 e. The van der Waals surface area contributed by atoms with Gasteiger partial charge in [0.2, 0.25) is 24.0 Å². The first kappa shape index (κ1) is 51.9. The van der Waals surface area contributed by atoms with Gasteiger partial charge in [0, 0.05) is 44.9 Å². The molecule has 0 aromatic heterocycles. The summed E-state index contributed by atoms with van der Waals surface area (Å²) in [5.74, 6) is -2.09. The summed E-state index contributed by atoms with van der Waals surface area (Å²) in [5, 5.41) is 45.5. The van der Waals surface area contributed by atoms with E-state index in [-0.39, 0.29) is 37.4 Å². The van der Waals surface area contributed by atoms with Gasteiger partial charge in [0.05, 0.1) is 12.3 Å². The van der Waals surface area contributed by atoms with E-state index in [1.54, 1.807) is 27.7 Å². The van der Waals surface area contributed by atoms with E-state index in [2.05, 4.69) is 31.1 Å². The number of hydrogen-bond acceptors (Lipinski definition) is 12. The van der Waals surface area contributed by atoms with E-state index in [1.165, 1.54) is 69.8 Å². The summed E-state index contributed by atoms with van der Waals surface area (Å²) in [6.45, 7) is 18.9. The molecule has 1 heterocycles. The Balaban J connectivity index is 0.00000343. The number of unbranched alkanes of at least 4 members (excludes halogenated alkanes) is 3. The SMILES string of the molecule is C=CC(=O)N(C(C)=O)C(C)(C)CC(C)(C)C(=O)NCCC(=O)Nc1cc(COC(=O)N(C)C)ccc1OC1O[C@H](CO)[C@@H](O)[C@H](O)[C@H]1O.CC.CCCCCC. The third-order valence-corrected chi connectivity index (χ3v) is 8.54. The fourth-order valence-corrected chi connectivity index (χ4v) is 5.88. The lowest BCUT2D eigenvalue weighted by Crippen LogP contribution is -2.60. The van der Waals surface area contributed by atoms with Gasteiger partial charge < -0.3 is 50.2 Å². The third kappa shape index (κ3) is 16.6. The number of hydrogen-bond donors (Lipinski definition) is 6. The second-order valence-electron chi connectivity index (χ2n) is 14.6. The van der Waals surface area contributed by atoms with Gasteiger partial charge in [-0.1, -0.05) is 79.9 Å². The van der Waals surface area contributed by atoms with Gasteiger partial charge in [-0.2, -0.15) is 0 Å². The molecule has 1 aliphatic heterocycles. The van der Waals surface area contributed by atoms with Crippen molar-refractivity contribution in [1.82, 2.24) is 15.1 Å². The fourth-order valence-electron chi connectivity index (χ4n) is 5.88. The van der Waals surface area contributed by atoms with Crippen LogP contribution in [0.1, 0.15) is 106 Å². The lowest BCUT2D eigenvalue weighted by molar-refractivity contribution is -0.277. The Labute approximate surface area is 332 Å². The van der Waals surface area contributed by atoms with Crippen LogP contribution in [0.25, 0.3) is 0 Å². The smallest absolute Gasteiger partial charge is 0.409 e. The molecule has 1 saturated heterocycles. The van der Waals surface area contributed by atoms with Crippen molar-refractivity contribution >= 4 is 35.4 Å². The zero-order valence-electron chi connectivity index (χ0n) is 35.2. The molecule has 0 saturated carbocycles. The van der Waals surface area contributed by atoms with Crippen LogP contribution >= 0.6 is 0 Å². The average molecular weight is 797 g/mol. The molecule has 320 valence electrons. The van der Waals surface area contributed by atoms with Crippen molar-refractivity contribution in [2.45, 2.75) is 144 Å². The molecule has 0 radical (unpaired) electrons. The highest BCUT2D eigenvalue weighted by Gasteiger charge is 2.45. The van der Waals surface area contributed by atoms with Crippen LogP contribution in [0.4, 0.5) is 10.5 Å². The zero-order valence-corrected chi connectivity index (χ0v) is 35.2. The Kier molecular flexibility index (Phi) is 23.4. The van der Waals surface area contributed by atoms with Gasteiger partial charge in [-0.05, 0) is 44.0 Å². The molecule has 2 rings (SSSR count). The van der Waals surface area contributed by atoms with E-state index in [0.717, 1.165) is 11.0 Å². The molecule has 0 aliphatic carbocycles. The van der Waals surface area contributed by atoms with Crippen molar-refractivity contribution in [2.75, 3.05) is 32.6 Å². The molecule has 0 spiro atoms. The summed E-state index contributed by atoms with van der Waals surface area (Å²) in [7, 11) is 3.02. The van der Waals surface area contributed by atoms with E-state index in [4.69, 9.17) is 14.2 Å². The van der Waals surface area contributed by atoms with Crippen molar-refractivity contribution in [1.29, 1.82) is 0 Å². The number of amides is 5. The molecule has 16 heteroatoms. The molecule has 1 unspecified atom stereocenters. The standard InChI is InChI=1S/C32H48N4O12.C6H14.C2H6/c1-9-24(40)36(18(2)38)32(5,6)17-31(3,4)29(44)33-13-12-23(39)34-20-14-19(16-46-30(45)35(7)8)10-11-21(20)47-28-27(43)26(42)25(41)22(15-37)48-28;1-3-5-6-4-2;1-2/h9-11,14,22,25-28,37,41-43H,1,12-13,15-17H2,2-8H3,(H,33,44)(H,34,39);3-6H2,1-2H3;1-2H3/t22-,25-,26+,27-,28?;;/m1../s1. The zero-order chi connectivity index (χ0) is 43.4. The minimum absolute atomic E-state index is 0.0214. The molecular formula is C40H68N4O12. The number of imide groups is 1. The van der Waals surface area contributed by atoms with Crippen LogP contribution in [-0.4, -0.2) is 123 Å².